The lowest BCUT2D eigenvalue weighted by molar-refractivity contribution is -0.141. The van der Waals surface area contributed by atoms with E-state index in [1.54, 1.807) is 35.5 Å². The average molecular weight is 338 g/mol. The van der Waals surface area contributed by atoms with Gasteiger partial charge in [0, 0.05) is 18.3 Å². The van der Waals surface area contributed by atoms with Crippen molar-refractivity contribution in [1.29, 1.82) is 0 Å². The van der Waals surface area contributed by atoms with Crippen molar-refractivity contribution in [2.24, 2.45) is 11.8 Å². The maximum atomic E-state index is 12.5. The van der Waals surface area contributed by atoms with Crippen LogP contribution in [0.3, 0.4) is 0 Å². The Morgan fingerprint density at radius 3 is 2.57 bits per heavy atom. The maximum absolute atomic E-state index is 12.5. The van der Waals surface area contributed by atoms with Crippen LogP contribution in [0.15, 0.2) is 24.3 Å². The molecular weight excluding hydrogens is 316 g/mol. The molecule has 7 heteroatoms. The molecule has 2 aliphatic rings. The van der Waals surface area contributed by atoms with E-state index in [0.29, 0.717) is 24.6 Å². The van der Waals surface area contributed by atoms with Crippen LogP contribution >= 0.6 is 0 Å². The van der Waals surface area contributed by atoms with Crippen molar-refractivity contribution in [2.45, 2.75) is 38.6 Å². The van der Waals surface area contributed by atoms with Crippen LogP contribution in [0.4, 0.5) is 5.69 Å². The highest BCUT2D eigenvalue weighted by Crippen LogP contribution is 2.39. The summed E-state index contributed by atoms with van der Waals surface area (Å²) >= 11 is 0. The van der Waals surface area contributed by atoms with E-state index in [-0.39, 0.29) is 6.04 Å². The number of piperidine rings is 1. The minimum Gasteiger partial charge on any atom is -0.481 e. The molecule has 0 amide bonds. The highest BCUT2D eigenvalue weighted by molar-refractivity contribution is 7.90. The zero-order chi connectivity index (χ0) is 16.6. The van der Waals surface area contributed by atoms with Crippen molar-refractivity contribution in [3.8, 4) is 0 Å². The quantitative estimate of drug-likeness (QED) is 0.831. The molecule has 3 unspecified atom stereocenters. The molecule has 1 saturated heterocycles. The molecular formula is C16H22N2O4S. The molecule has 3 rings (SSSR count). The second-order valence-electron chi connectivity index (χ2n) is 6.65. The Hall–Kier alpha value is -1.60. The number of carbonyl (C=O) groups is 1. The van der Waals surface area contributed by atoms with Crippen LogP contribution in [0.5, 0.6) is 0 Å². The Balaban J connectivity index is 1.65. The number of hydrogen-bond donors (Lipinski definition) is 2. The highest BCUT2D eigenvalue weighted by Gasteiger charge is 2.43. The van der Waals surface area contributed by atoms with E-state index in [1.807, 2.05) is 0 Å². The summed E-state index contributed by atoms with van der Waals surface area (Å²) in [5, 5.41) is 8.93. The third-order valence-electron chi connectivity index (χ3n) is 4.83. The second kappa shape index (κ2) is 6.13. The number of nitrogens with one attached hydrogen (secondary N) is 1. The van der Waals surface area contributed by atoms with Crippen LogP contribution < -0.4 is 4.72 Å². The number of nitrogens with zero attached hydrogens (tertiary/aromatic N) is 1. The molecule has 2 fully saturated rings. The van der Waals surface area contributed by atoms with Gasteiger partial charge in [0.05, 0.1) is 5.92 Å². The summed E-state index contributed by atoms with van der Waals surface area (Å²) in [6.45, 7) is 2.27. The third-order valence-corrected chi connectivity index (χ3v) is 6.39. The third kappa shape index (κ3) is 3.50. The molecule has 0 aromatic heterocycles. The molecule has 1 heterocycles. The molecule has 1 aromatic carbocycles. The molecule has 6 nitrogen and oxygen atoms in total. The van der Waals surface area contributed by atoms with Crippen LogP contribution in [-0.4, -0.2) is 36.4 Å². The Kier molecular flexibility index (Phi) is 4.33. The van der Waals surface area contributed by atoms with Crippen molar-refractivity contribution >= 4 is 21.9 Å². The molecule has 1 aromatic rings. The molecule has 1 aliphatic carbocycles. The Labute approximate surface area is 136 Å². The summed E-state index contributed by atoms with van der Waals surface area (Å²) in [6.07, 6.45) is 3.50. The molecule has 1 aliphatic heterocycles. The number of aliphatic carboxylic acids is 1. The SMILES string of the molecule is CC(Cc1ccc(NS(=O)(=O)N2CC3CCC2C3)cc1)C(=O)O. The summed E-state index contributed by atoms with van der Waals surface area (Å²) in [7, 11) is -3.50. The number of benzene rings is 1. The fourth-order valence-electron chi connectivity index (χ4n) is 3.53. The van der Waals surface area contributed by atoms with Gasteiger partial charge in [-0.2, -0.15) is 12.7 Å². The summed E-state index contributed by atoms with van der Waals surface area (Å²) in [5.74, 6) is -0.784. The topological polar surface area (TPSA) is 86.7 Å². The Morgan fingerprint density at radius 1 is 1.35 bits per heavy atom. The normalized spacial score (nSPS) is 25.4. The van der Waals surface area contributed by atoms with Crippen molar-refractivity contribution < 1.29 is 18.3 Å². The monoisotopic (exact) mass is 338 g/mol. The van der Waals surface area contributed by atoms with E-state index in [1.165, 1.54) is 0 Å². The van der Waals surface area contributed by atoms with Gasteiger partial charge in [-0.25, -0.2) is 0 Å². The smallest absolute Gasteiger partial charge is 0.306 e. The van der Waals surface area contributed by atoms with Crippen LogP contribution in [0.25, 0.3) is 0 Å². The van der Waals surface area contributed by atoms with Gasteiger partial charge in [-0.3, -0.25) is 9.52 Å². The first-order valence-corrected chi connectivity index (χ1v) is 9.40. The Morgan fingerprint density at radius 2 is 2.04 bits per heavy atom. The largest absolute Gasteiger partial charge is 0.481 e. The fourth-order valence-corrected chi connectivity index (χ4v) is 5.07. The number of hydrogen-bond acceptors (Lipinski definition) is 3. The van der Waals surface area contributed by atoms with Crippen LogP contribution in [0.1, 0.15) is 31.7 Å². The van der Waals surface area contributed by atoms with Crippen LogP contribution in [-0.2, 0) is 21.4 Å². The van der Waals surface area contributed by atoms with E-state index < -0.39 is 22.1 Å². The van der Waals surface area contributed by atoms with Gasteiger partial charge in [-0.15, -0.1) is 0 Å². The van der Waals surface area contributed by atoms with Crippen molar-refractivity contribution in [1.82, 2.24) is 4.31 Å². The summed E-state index contributed by atoms with van der Waals surface area (Å²) in [4.78, 5) is 10.9. The lowest BCUT2D eigenvalue weighted by Crippen LogP contribution is -2.41. The first-order chi connectivity index (χ1) is 10.8. The van der Waals surface area contributed by atoms with Gasteiger partial charge in [0.25, 0.3) is 0 Å². The molecule has 3 atom stereocenters. The van der Waals surface area contributed by atoms with Gasteiger partial charge in [0.1, 0.15) is 0 Å². The number of carboxylic acids is 1. The van der Waals surface area contributed by atoms with E-state index in [2.05, 4.69) is 4.72 Å². The standard InChI is InChI=1S/C16H22N2O4S/c1-11(16(19)20)8-12-2-5-14(6-3-12)17-23(21,22)18-10-13-4-7-15(18)9-13/h2-3,5-6,11,13,15,17H,4,7-10H2,1H3,(H,19,20). The number of carboxylic acid groups (broad SMARTS) is 1. The van der Waals surface area contributed by atoms with Crippen LogP contribution in [0.2, 0.25) is 0 Å². The van der Waals surface area contributed by atoms with Gasteiger partial charge in [0.15, 0.2) is 0 Å². The lowest BCUT2D eigenvalue weighted by Gasteiger charge is -2.26. The van der Waals surface area contributed by atoms with E-state index in [0.717, 1.165) is 24.8 Å². The predicted molar refractivity (Wildman–Crippen MR) is 87.3 cm³/mol. The molecule has 126 valence electrons. The summed E-state index contributed by atoms with van der Waals surface area (Å²) in [6, 6.07) is 7.07. The predicted octanol–water partition coefficient (Wildman–Crippen LogP) is 2.09. The molecule has 2 bridgehead atoms. The zero-order valence-corrected chi connectivity index (χ0v) is 13.9. The minimum atomic E-state index is -3.50. The van der Waals surface area contributed by atoms with Crippen molar-refractivity contribution in [3.05, 3.63) is 29.8 Å². The van der Waals surface area contributed by atoms with E-state index in [9.17, 15) is 13.2 Å². The van der Waals surface area contributed by atoms with Gasteiger partial charge in [-0.05, 0) is 49.3 Å². The average Bonchev–Trinajstić information content (AvgIpc) is 3.12. The van der Waals surface area contributed by atoms with Gasteiger partial charge in [-0.1, -0.05) is 19.1 Å². The van der Waals surface area contributed by atoms with E-state index in [4.69, 9.17) is 5.11 Å². The van der Waals surface area contributed by atoms with E-state index >= 15 is 0 Å². The molecule has 0 spiro atoms. The molecule has 23 heavy (non-hydrogen) atoms. The van der Waals surface area contributed by atoms with Gasteiger partial charge >= 0.3 is 16.2 Å². The highest BCUT2D eigenvalue weighted by atomic mass is 32.2. The molecule has 1 saturated carbocycles. The van der Waals surface area contributed by atoms with Gasteiger partial charge < -0.3 is 5.11 Å². The first-order valence-electron chi connectivity index (χ1n) is 7.96. The lowest BCUT2D eigenvalue weighted by atomic mass is 10.0. The van der Waals surface area contributed by atoms with Crippen LogP contribution in [0, 0.1) is 11.8 Å². The molecule has 0 radical (unpaired) electrons. The number of rotatable bonds is 6. The zero-order valence-electron chi connectivity index (χ0n) is 13.1. The molecule has 2 N–H and O–H groups in total. The number of fused-ring (bicyclic) bond motifs is 2. The first kappa shape index (κ1) is 16.3. The van der Waals surface area contributed by atoms with Crippen molar-refractivity contribution in [2.75, 3.05) is 11.3 Å². The Bertz CT molecular complexity index is 687. The summed E-state index contributed by atoms with van der Waals surface area (Å²) < 4.78 is 29.2. The number of anilines is 1. The van der Waals surface area contributed by atoms with Gasteiger partial charge in [0.2, 0.25) is 0 Å². The summed E-state index contributed by atoms with van der Waals surface area (Å²) in [5.41, 5.74) is 1.39. The minimum absolute atomic E-state index is 0.146. The fraction of sp³-hybridized carbons (Fsp3) is 0.562. The van der Waals surface area contributed by atoms with Crippen molar-refractivity contribution in [3.63, 3.8) is 0 Å². The second-order valence-corrected chi connectivity index (χ2v) is 8.27. The maximum Gasteiger partial charge on any atom is 0.306 e.